The number of rotatable bonds is 0. The number of hydrogen-bond donors (Lipinski definition) is 0. The van der Waals surface area contributed by atoms with Crippen LogP contribution in [0.25, 0.3) is 32.0 Å². The summed E-state index contributed by atoms with van der Waals surface area (Å²) in [6, 6.07) is 31.3. The van der Waals surface area contributed by atoms with Crippen LogP contribution in [0.5, 0.6) is 0 Å². The molecule has 0 saturated carbocycles. The van der Waals surface area contributed by atoms with E-state index in [1.807, 2.05) is 42.8 Å². The Balaban J connectivity index is 0.000000112. The number of aromatic nitrogens is 1. The molecular weight excluding hydrogens is 398 g/mol. The average molecular weight is 424 g/mol. The van der Waals surface area contributed by atoms with E-state index in [1.165, 1.54) is 32.0 Å². The summed E-state index contributed by atoms with van der Waals surface area (Å²) < 4.78 is 6.65. The van der Waals surface area contributed by atoms with Crippen molar-refractivity contribution >= 4 is 43.3 Å². The van der Waals surface area contributed by atoms with E-state index in [2.05, 4.69) is 79.5 Å². The van der Waals surface area contributed by atoms with E-state index in [0.717, 1.165) is 16.9 Å². The molecule has 3 heteroatoms. The van der Waals surface area contributed by atoms with Gasteiger partial charge >= 0.3 is 0 Å². The van der Waals surface area contributed by atoms with Crippen LogP contribution < -0.4 is 0 Å². The molecule has 0 radical (unpaired) electrons. The quantitative estimate of drug-likeness (QED) is 0.245. The number of aryl methyl sites for hydroxylation is 3. The van der Waals surface area contributed by atoms with Gasteiger partial charge in [-0.15, -0.1) is 11.3 Å². The van der Waals surface area contributed by atoms with E-state index in [4.69, 9.17) is 4.42 Å². The summed E-state index contributed by atoms with van der Waals surface area (Å²) in [7, 11) is 0. The molecule has 2 nitrogen and oxygen atoms in total. The Morgan fingerprint density at radius 3 is 2.13 bits per heavy atom. The van der Waals surface area contributed by atoms with Crippen molar-refractivity contribution in [1.82, 2.24) is 4.98 Å². The Hall–Kier alpha value is -3.43. The summed E-state index contributed by atoms with van der Waals surface area (Å²) >= 11 is 1.69. The maximum Gasteiger partial charge on any atom is 0.134 e. The zero-order chi connectivity index (χ0) is 21.6. The Morgan fingerprint density at radius 1 is 0.645 bits per heavy atom. The van der Waals surface area contributed by atoms with Gasteiger partial charge in [-0.05, 0) is 61.4 Å². The van der Waals surface area contributed by atoms with Gasteiger partial charge in [0, 0.05) is 5.39 Å². The highest BCUT2D eigenvalue weighted by Crippen LogP contribution is 2.18. The highest BCUT2D eigenvalue weighted by atomic mass is 32.1. The molecule has 2 aromatic heterocycles. The van der Waals surface area contributed by atoms with Gasteiger partial charge in [0.05, 0.1) is 15.7 Å². The summed E-state index contributed by atoms with van der Waals surface area (Å²) in [5.41, 5.74) is 6.58. The fourth-order valence-electron chi connectivity index (χ4n) is 3.39. The Morgan fingerprint density at radius 2 is 1.32 bits per heavy atom. The first kappa shape index (κ1) is 20.8. The normalized spacial score (nSPS) is 10.4. The van der Waals surface area contributed by atoms with Gasteiger partial charge in [-0.25, -0.2) is 4.98 Å². The molecule has 0 atom stereocenters. The lowest BCUT2D eigenvalue weighted by Gasteiger charge is -1.96. The number of fused-ring (bicyclic) bond motifs is 3. The van der Waals surface area contributed by atoms with Crippen molar-refractivity contribution in [3.63, 3.8) is 0 Å². The van der Waals surface area contributed by atoms with Crippen LogP contribution in [0.1, 0.15) is 16.9 Å². The molecule has 2 heterocycles. The Labute approximate surface area is 186 Å². The largest absolute Gasteiger partial charge is 0.461 e. The predicted octanol–water partition coefficient (Wildman–Crippen LogP) is 8.49. The van der Waals surface area contributed by atoms with Crippen molar-refractivity contribution in [1.29, 1.82) is 0 Å². The SMILES string of the molecule is Cc1cc2ccccc2o1.Cc1ccc2ccccc2c1.Cc1ccc2ncsc2c1. The molecule has 0 aliphatic heterocycles. The van der Waals surface area contributed by atoms with E-state index in [1.54, 1.807) is 11.3 Å². The van der Waals surface area contributed by atoms with Gasteiger partial charge in [0.15, 0.2) is 0 Å². The van der Waals surface area contributed by atoms with E-state index >= 15 is 0 Å². The van der Waals surface area contributed by atoms with Gasteiger partial charge < -0.3 is 4.42 Å². The van der Waals surface area contributed by atoms with E-state index < -0.39 is 0 Å². The van der Waals surface area contributed by atoms with E-state index in [9.17, 15) is 0 Å². The van der Waals surface area contributed by atoms with Gasteiger partial charge in [-0.1, -0.05) is 72.3 Å². The maximum atomic E-state index is 5.37. The van der Waals surface area contributed by atoms with Crippen molar-refractivity contribution in [2.24, 2.45) is 0 Å². The summed E-state index contributed by atoms with van der Waals surface area (Å²) in [5.74, 6) is 0.973. The lowest BCUT2D eigenvalue weighted by atomic mass is 10.1. The van der Waals surface area contributed by atoms with Crippen molar-refractivity contribution in [2.75, 3.05) is 0 Å². The van der Waals surface area contributed by atoms with Crippen molar-refractivity contribution in [2.45, 2.75) is 20.8 Å². The molecular formula is C28H25NOS. The van der Waals surface area contributed by atoms with E-state index in [-0.39, 0.29) is 0 Å². The standard InChI is InChI=1S/C11H10.C9H8O.C8H7NS/c1-9-6-7-10-4-2-3-5-11(10)8-9;1-7-6-8-4-2-3-5-9(8)10-7;1-6-2-3-7-8(4-6)10-5-9-7/h2-8H,1H3;2-6H,1H3;2-5H,1H3. The highest BCUT2D eigenvalue weighted by molar-refractivity contribution is 7.16. The van der Waals surface area contributed by atoms with Crippen LogP contribution in [0.3, 0.4) is 0 Å². The van der Waals surface area contributed by atoms with Crippen LogP contribution in [0.15, 0.2) is 101 Å². The molecule has 0 amide bonds. The Bertz CT molecular complexity index is 1390. The van der Waals surface area contributed by atoms with Crippen LogP contribution in [0.2, 0.25) is 0 Å². The lowest BCUT2D eigenvalue weighted by Crippen LogP contribution is -1.73. The highest BCUT2D eigenvalue weighted by Gasteiger charge is 1.95. The number of furan rings is 1. The smallest absolute Gasteiger partial charge is 0.134 e. The first-order valence-electron chi connectivity index (χ1n) is 10.3. The van der Waals surface area contributed by atoms with Gasteiger partial charge in [0.1, 0.15) is 11.3 Å². The molecule has 31 heavy (non-hydrogen) atoms. The molecule has 0 spiro atoms. The van der Waals surface area contributed by atoms with Crippen LogP contribution in [-0.4, -0.2) is 4.98 Å². The van der Waals surface area contributed by atoms with Crippen LogP contribution >= 0.6 is 11.3 Å². The molecule has 154 valence electrons. The molecule has 0 bridgehead atoms. The fraction of sp³-hybridized carbons (Fsp3) is 0.107. The summed E-state index contributed by atoms with van der Waals surface area (Å²) in [6.07, 6.45) is 0. The van der Waals surface area contributed by atoms with Crippen molar-refractivity contribution < 1.29 is 4.42 Å². The second kappa shape index (κ2) is 9.59. The third kappa shape index (κ3) is 5.39. The number of hydrogen-bond acceptors (Lipinski definition) is 3. The number of nitrogens with zero attached hydrogens (tertiary/aromatic N) is 1. The number of thiazole rings is 1. The molecule has 0 N–H and O–H groups in total. The lowest BCUT2D eigenvalue weighted by molar-refractivity contribution is 0.578. The molecule has 0 saturated heterocycles. The molecule has 4 aromatic carbocycles. The molecule has 0 fully saturated rings. The van der Waals surface area contributed by atoms with Crippen molar-refractivity contribution in [3.8, 4) is 0 Å². The predicted molar refractivity (Wildman–Crippen MR) is 134 cm³/mol. The van der Waals surface area contributed by atoms with Crippen LogP contribution in [-0.2, 0) is 0 Å². The molecule has 6 aromatic rings. The summed E-state index contributed by atoms with van der Waals surface area (Å²) in [4.78, 5) is 4.18. The van der Waals surface area contributed by atoms with E-state index in [0.29, 0.717) is 0 Å². The minimum Gasteiger partial charge on any atom is -0.461 e. The molecule has 0 aliphatic carbocycles. The fourth-order valence-corrected chi connectivity index (χ4v) is 4.16. The molecule has 0 unspecified atom stereocenters. The third-order valence-corrected chi connectivity index (χ3v) is 5.73. The first-order valence-corrected chi connectivity index (χ1v) is 11.2. The van der Waals surface area contributed by atoms with Crippen LogP contribution in [0.4, 0.5) is 0 Å². The zero-order valence-electron chi connectivity index (χ0n) is 18.0. The topological polar surface area (TPSA) is 26.0 Å². The van der Waals surface area contributed by atoms with Gasteiger partial charge in [0.25, 0.3) is 0 Å². The monoisotopic (exact) mass is 423 g/mol. The van der Waals surface area contributed by atoms with Gasteiger partial charge in [-0.3, -0.25) is 0 Å². The summed E-state index contributed by atoms with van der Waals surface area (Å²) in [6.45, 7) is 6.17. The molecule has 6 rings (SSSR count). The second-order valence-corrected chi connectivity index (χ2v) is 8.46. The van der Waals surface area contributed by atoms with Gasteiger partial charge in [-0.2, -0.15) is 0 Å². The molecule has 0 aliphatic rings. The van der Waals surface area contributed by atoms with Crippen molar-refractivity contribution in [3.05, 3.63) is 113 Å². The van der Waals surface area contributed by atoms with Gasteiger partial charge in [0.2, 0.25) is 0 Å². The maximum absolute atomic E-state index is 5.37. The second-order valence-electron chi connectivity index (χ2n) is 7.57. The number of para-hydroxylation sites is 1. The Kier molecular flexibility index (Phi) is 6.44. The number of benzene rings is 4. The minimum atomic E-state index is 0.972. The zero-order valence-corrected chi connectivity index (χ0v) is 18.8. The summed E-state index contributed by atoms with van der Waals surface area (Å²) in [5, 5.41) is 3.82. The minimum absolute atomic E-state index is 0.972. The van der Waals surface area contributed by atoms with Crippen LogP contribution in [0, 0.1) is 20.8 Å². The first-order chi connectivity index (χ1) is 15.1. The third-order valence-electron chi connectivity index (χ3n) is 4.94. The average Bonchev–Trinajstić information content (AvgIpc) is 3.39.